The van der Waals surface area contributed by atoms with E-state index in [1.807, 2.05) is 54.6 Å². The summed E-state index contributed by atoms with van der Waals surface area (Å²) in [6.07, 6.45) is 0. The Morgan fingerprint density at radius 3 is 2.41 bits per heavy atom. The largest absolute Gasteiger partial charge is 0.457 e. The number of ether oxygens (including phenoxy) is 1. The Balaban J connectivity index is 2.17. The highest BCUT2D eigenvalue weighted by atomic mass is 16.5. The minimum absolute atomic E-state index is 0.0746. The van der Waals surface area contributed by atoms with Gasteiger partial charge in [-0.05, 0) is 29.8 Å². The third-order valence-electron chi connectivity index (χ3n) is 2.46. The molecule has 0 aliphatic heterocycles. The van der Waals surface area contributed by atoms with Crippen LogP contribution in [0.5, 0.6) is 11.5 Å². The van der Waals surface area contributed by atoms with Gasteiger partial charge in [0.2, 0.25) is 0 Å². The van der Waals surface area contributed by atoms with E-state index < -0.39 is 0 Å². The van der Waals surface area contributed by atoms with Gasteiger partial charge in [-0.3, -0.25) is 0 Å². The van der Waals surface area contributed by atoms with E-state index in [1.165, 1.54) is 0 Å². The molecule has 0 saturated carbocycles. The Morgan fingerprint density at radius 2 is 1.71 bits per heavy atom. The molecule has 0 unspecified atom stereocenters. The number of hydrogen-bond acceptors (Lipinski definition) is 3. The van der Waals surface area contributed by atoms with Gasteiger partial charge >= 0.3 is 0 Å². The average Bonchev–Trinajstić information content (AvgIpc) is 2.39. The van der Waals surface area contributed by atoms with Crippen molar-refractivity contribution in [3.8, 4) is 11.5 Å². The van der Waals surface area contributed by atoms with Crippen LogP contribution in [0.25, 0.3) is 0 Å². The molecule has 0 aromatic heterocycles. The van der Waals surface area contributed by atoms with Crippen LogP contribution in [0.4, 0.5) is 0 Å². The maximum atomic E-state index is 9.00. The second-order valence-corrected chi connectivity index (χ2v) is 3.78. The van der Waals surface area contributed by atoms with Gasteiger partial charge < -0.3 is 15.6 Å². The third-order valence-corrected chi connectivity index (χ3v) is 2.46. The van der Waals surface area contributed by atoms with E-state index in [1.54, 1.807) is 0 Å². The molecule has 2 aromatic carbocycles. The summed E-state index contributed by atoms with van der Waals surface area (Å²) in [7, 11) is 0. The van der Waals surface area contributed by atoms with Crippen molar-refractivity contribution < 1.29 is 9.84 Å². The van der Waals surface area contributed by atoms with Crippen molar-refractivity contribution in [1.82, 2.24) is 0 Å². The summed E-state index contributed by atoms with van der Waals surface area (Å²) in [4.78, 5) is 0. The predicted octanol–water partition coefficient (Wildman–Crippen LogP) is 2.47. The quantitative estimate of drug-likeness (QED) is 0.846. The first kappa shape index (κ1) is 11.6. The lowest BCUT2D eigenvalue weighted by Gasteiger charge is -2.11. The van der Waals surface area contributed by atoms with Crippen LogP contribution in [0.2, 0.25) is 0 Å². The van der Waals surface area contributed by atoms with Gasteiger partial charge in [-0.1, -0.05) is 30.3 Å². The number of para-hydroxylation sites is 1. The van der Waals surface area contributed by atoms with Crippen molar-refractivity contribution in [2.45, 2.75) is 6.04 Å². The minimum Gasteiger partial charge on any atom is -0.457 e. The van der Waals surface area contributed by atoms with E-state index >= 15 is 0 Å². The molecule has 2 aromatic rings. The first-order chi connectivity index (χ1) is 8.29. The van der Waals surface area contributed by atoms with Gasteiger partial charge in [-0.15, -0.1) is 0 Å². The van der Waals surface area contributed by atoms with E-state index in [0.29, 0.717) is 0 Å². The fourth-order valence-corrected chi connectivity index (χ4v) is 1.54. The lowest BCUT2D eigenvalue weighted by Crippen LogP contribution is -2.14. The van der Waals surface area contributed by atoms with E-state index in [2.05, 4.69) is 0 Å². The maximum Gasteiger partial charge on any atom is 0.127 e. The lowest BCUT2D eigenvalue weighted by molar-refractivity contribution is 0.268. The van der Waals surface area contributed by atoms with Crippen molar-refractivity contribution in [3.63, 3.8) is 0 Å². The van der Waals surface area contributed by atoms with E-state index in [9.17, 15) is 0 Å². The number of hydrogen-bond donors (Lipinski definition) is 2. The number of nitrogens with two attached hydrogens (primary N) is 1. The van der Waals surface area contributed by atoms with E-state index in [0.717, 1.165) is 17.1 Å². The molecule has 3 nitrogen and oxygen atoms in total. The Labute approximate surface area is 100 Å². The number of rotatable bonds is 4. The first-order valence-corrected chi connectivity index (χ1v) is 5.49. The molecule has 88 valence electrons. The standard InChI is InChI=1S/C14H15NO2/c15-14(10-16)11-5-4-8-13(9-11)17-12-6-2-1-3-7-12/h1-9,14,16H,10,15H2/t14-/m0/s1. The summed E-state index contributed by atoms with van der Waals surface area (Å²) in [6, 6.07) is 16.6. The molecule has 0 bridgehead atoms. The van der Waals surface area contributed by atoms with Crippen LogP contribution < -0.4 is 10.5 Å². The SMILES string of the molecule is N[C@@H](CO)c1cccc(Oc2ccccc2)c1. The predicted molar refractivity (Wildman–Crippen MR) is 67.0 cm³/mol. The zero-order valence-corrected chi connectivity index (χ0v) is 9.41. The summed E-state index contributed by atoms with van der Waals surface area (Å²) >= 11 is 0. The van der Waals surface area contributed by atoms with Crippen LogP contribution >= 0.6 is 0 Å². The van der Waals surface area contributed by atoms with Gasteiger partial charge in [0.1, 0.15) is 11.5 Å². The normalized spacial score (nSPS) is 12.1. The van der Waals surface area contributed by atoms with Gasteiger partial charge in [0.15, 0.2) is 0 Å². The summed E-state index contributed by atoms with van der Waals surface area (Å²) in [5.41, 5.74) is 6.61. The Hall–Kier alpha value is -1.84. The van der Waals surface area contributed by atoms with Crippen LogP contribution in [-0.2, 0) is 0 Å². The van der Waals surface area contributed by atoms with E-state index in [-0.39, 0.29) is 12.6 Å². The third kappa shape index (κ3) is 3.06. The van der Waals surface area contributed by atoms with E-state index in [4.69, 9.17) is 15.6 Å². The smallest absolute Gasteiger partial charge is 0.127 e. The lowest BCUT2D eigenvalue weighted by atomic mass is 10.1. The molecule has 2 rings (SSSR count). The van der Waals surface area contributed by atoms with Crippen LogP contribution in [0.1, 0.15) is 11.6 Å². The number of aliphatic hydroxyl groups excluding tert-OH is 1. The average molecular weight is 229 g/mol. The van der Waals surface area contributed by atoms with Crippen LogP contribution in [0.3, 0.4) is 0 Å². The van der Waals surface area contributed by atoms with Gasteiger partial charge in [0.05, 0.1) is 12.6 Å². The molecule has 0 fully saturated rings. The molecular weight excluding hydrogens is 214 g/mol. The molecule has 0 aliphatic rings. The van der Waals surface area contributed by atoms with Crippen molar-refractivity contribution in [2.75, 3.05) is 6.61 Å². The molecule has 0 spiro atoms. The molecule has 0 radical (unpaired) electrons. The fraction of sp³-hybridized carbons (Fsp3) is 0.143. The maximum absolute atomic E-state index is 9.00. The second kappa shape index (κ2) is 5.48. The van der Waals surface area contributed by atoms with Crippen LogP contribution in [-0.4, -0.2) is 11.7 Å². The monoisotopic (exact) mass is 229 g/mol. The molecule has 3 heteroatoms. The highest BCUT2D eigenvalue weighted by Gasteiger charge is 2.05. The summed E-state index contributed by atoms with van der Waals surface area (Å²) in [5.74, 6) is 1.50. The van der Waals surface area contributed by atoms with Gasteiger partial charge in [0.25, 0.3) is 0 Å². The first-order valence-electron chi connectivity index (χ1n) is 5.49. The molecule has 1 atom stereocenters. The van der Waals surface area contributed by atoms with Crippen molar-refractivity contribution in [2.24, 2.45) is 5.73 Å². The van der Waals surface area contributed by atoms with Crippen LogP contribution in [0.15, 0.2) is 54.6 Å². The molecular formula is C14H15NO2. The second-order valence-electron chi connectivity index (χ2n) is 3.78. The Morgan fingerprint density at radius 1 is 1.00 bits per heavy atom. The summed E-state index contributed by atoms with van der Waals surface area (Å²) < 4.78 is 5.68. The molecule has 0 heterocycles. The zero-order valence-electron chi connectivity index (χ0n) is 9.41. The molecule has 0 saturated heterocycles. The van der Waals surface area contributed by atoms with Crippen molar-refractivity contribution in [1.29, 1.82) is 0 Å². The fourth-order valence-electron chi connectivity index (χ4n) is 1.54. The Bertz CT molecular complexity index is 471. The molecule has 0 aliphatic carbocycles. The number of aliphatic hydroxyl groups is 1. The van der Waals surface area contributed by atoms with Crippen molar-refractivity contribution in [3.05, 3.63) is 60.2 Å². The summed E-state index contributed by atoms with van der Waals surface area (Å²) in [6.45, 7) is -0.0746. The Kier molecular flexibility index (Phi) is 3.75. The highest BCUT2D eigenvalue weighted by Crippen LogP contribution is 2.23. The van der Waals surface area contributed by atoms with Gasteiger partial charge in [-0.25, -0.2) is 0 Å². The highest BCUT2D eigenvalue weighted by molar-refractivity contribution is 5.34. The zero-order chi connectivity index (χ0) is 12.1. The van der Waals surface area contributed by atoms with Crippen LogP contribution in [0, 0.1) is 0 Å². The molecule has 3 N–H and O–H groups in total. The van der Waals surface area contributed by atoms with Gasteiger partial charge in [0, 0.05) is 0 Å². The molecule has 17 heavy (non-hydrogen) atoms. The molecule has 0 amide bonds. The summed E-state index contributed by atoms with van der Waals surface area (Å²) in [5, 5.41) is 9.00. The van der Waals surface area contributed by atoms with Gasteiger partial charge in [-0.2, -0.15) is 0 Å². The van der Waals surface area contributed by atoms with Crippen molar-refractivity contribution >= 4 is 0 Å². The number of benzene rings is 2. The minimum atomic E-state index is -0.366. The topological polar surface area (TPSA) is 55.5 Å².